The molecule has 0 aliphatic carbocycles. The van der Waals surface area contributed by atoms with Gasteiger partial charge in [-0.25, -0.2) is 0 Å². The standard InChI is InChI=1S/C7H13NO2/c1-6(7(9)10)5-8-3-2-4-8/h6H,2-5H2,1H3,(H,9,10). The zero-order valence-corrected chi connectivity index (χ0v) is 6.21. The summed E-state index contributed by atoms with van der Waals surface area (Å²) in [7, 11) is 0. The second kappa shape index (κ2) is 3.01. The Labute approximate surface area is 60.6 Å². The van der Waals surface area contributed by atoms with E-state index < -0.39 is 5.97 Å². The normalized spacial score (nSPS) is 21.7. The lowest BCUT2D eigenvalue weighted by Crippen LogP contribution is -2.41. The van der Waals surface area contributed by atoms with E-state index in [4.69, 9.17) is 5.11 Å². The summed E-state index contributed by atoms with van der Waals surface area (Å²) in [6.07, 6.45) is 1.23. The van der Waals surface area contributed by atoms with Crippen LogP contribution in [-0.4, -0.2) is 35.6 Å². The molecule has 0 radical (unpaired) electrons. The SMILES string of the molecule is CC(CN1CCC1)C(=O)O. The van der Waals surface area contributed by atoms with Crippen molar-refractivity contribution in [3.63, 3.8) is 0 Å². The van der Waals surface area contributed by atoms with Crippen LogP contribution in [0.4, 0.5) is 0 Å². The van der Waals surface area contributed by atoms with Gasteiger partial charge < -0.3 is 10.0 Å². The third-order valence-corrected chi connectivity index (χ3v) is 1.90. The van der Waals surface area contributed by atoms with Gasteiger partial charge in [0.05, 0.1) is 5.92 Å². The fraction of sp³-hybridized carbons (Fsp3) is 0.857. The molecule has 58 valence electrons. The molecular formula is C7H13NO2. The van der Waals surface area contributed by atoms with E-state index in [1.54, 1.807) is 6.92 Å². The molecule has 1 atom stereocenters. The van der Waals surface area contributed by atoms with Crippen molar-refractivity contribution in [2.24, 2.45) is 5.92 Å². The van der Waals surface area contributed by atoms with Gasteiger partial charge in [-0.2, -0.15) is 0 Å². The lowest BCUT2D eigenvalue weighted by Gasteiger charge is -2.31. The Morgan fingerprint density at radius 3 is 2.60 bits per heavy atom. The van der Waals surface area contributed by atoms with Gasteiger partial charge in [-0.3, -0.25) is 4.79 Å². The van der Waals surface area contributed by atoms with Crippen LogP contribution in [0.2, 0.25) is 0 Å². The molecule has 1 fully saturated rings. The summed E-state index contributed by atoms with van der Waals surface area (Å²) in [6.45, 7) is 4.63. The van der Waals surface area contributed by atoms with Gasteiger partial charge in [-0.1, -0.05) is 6.92 Å². The maximum absolute atomic E-state index is 10.3. The van der Waals surface area contributed by atoms with Gasteiger partial charge >= 0.3 is 5.97 Å². The highest BCUT2D eigenvalue weighted by Gasteiger charge is 2.19. The van der Waals surface area contributed by atoms with Crippen LogP contribution in [0, 0.1) is 5.92 Å². The lowest BCUT2D eigenvalue weighted by molar-refractivity contribution is -0.142. The first-order chi connectivity index (χ1) is 4.70. The highest BCUT2D eigenvalue weighted by Crippen LogP contribution is 2.08. The molecule has 0 saturated carbocycles. The molecule has 1 heterocycles. The van der Waals surface area contributed by atoms with Gasteiger partial charge in [0.25, 0.3) is 0 Å². The fourth-order valence-corrected chi connectivity index (χ4v) is 1.03. The molecule has 1 rings (SSSR count). The van der Waals surface area contributed by atoms with Gasteiger partial charge in [0, 0.05) is 6.54 Å². The van der Waals surface area contributed by atoms with Gasteiger partial charge in [0.15, 0.2) is 0 Å². The molecule has 0 bridgehead atoms. The molecule has 1 unspecified atom stereocenters. The molecule has 3 heteroatoms. The quantitative estimate of drug-likeness (QED) is 0.622. The van der Waals surface area contributed by atoms with Crippen LogP contribution in [0.3, 0.4) is 0 Å². The minimum atomic E-state index is -0.688. The van der Waals surface area contributed by atoms with Crippen LogP contribution in [0.1, 0.15) is 13.3 Å². The van der Waals surface area contributed by atoms with Crippen LogP contribution in [0.15, 0.2) is 0 Å². The smallest absolute Gasteiger partial charge is 0.307 e. The maximum Gasteiger partial charge on any atom is 0.307 e. The Kier molecular flexibility index (Phi) is 2.27. The van der Waals surface area contributed by atoms with E-state index in [9.17, 15) is 4.79 Å². The van der Waals surface area contributed by atoms with Gasteiger partial charge in [-0.05, 0) is 19.5 Å². The highest BCUT2D eigenvalue weighted by atomic mass is 16.4. The molecule has 10 heavy (non-hydrogen) atoms. The predicted molar refractivity (Wildman–Crippen MR) is 37.9 cm³/mol. The van der Waals surface area contributed by atoms with Crippen molar-refractivity contribution in [3.05, 3.63) is 0 Å². The Morgan fingerprint density at radius 2 is 2.30 bits per heavy atom. The summed E-state index contributed by atoms with van der Waals surface area (Å²) in [4.78, 5) is 12.5. The Balaban J connectivity index is 2.16. The second-order valence-electron chi connectivity index (χ2n) is 2.89. The number of hydrogen-bond donors (Lipinski definition) is 1. The van der Waals surface area contributed by atoms with Crippen molar-refractivity contribution in [2.75, 3.05) is 19.6 Å². The van der Waals surface area contributed by atoms with E-state index in [1.165, 1.54) is 6.42 Å². The molecule has 0 aromatic rings. The largest absolute Gasteiger partial charge is 0.481 e. The number of carboxylic acid groups (broad SMARTS) is 1. The Bertz CT molecular complexity index is 132. The number of carboxylic acids is 1. The molecule has 1 saturated heterocycles. The minimum Gasteiger partial charge on any atom is -0.481 e. The van der Waals surface area contributed by atoms with Gasteiger partial charge in [0.1, 0.15) is 0 Å². The van der Waals surface area contributed by atoms with Crippen molar-refractivity contribution in [1.29, 1.82) is 0 Å². The maximum atomic E-state index is 10.3. The minimum absolute atomic E-state index is 0.208. The van der Waals surface area contributed by atoms with Gasteiger partial charge in [0.2, 0.25) is 0 Å². The van der Waals surface area contributed by atoms with Crippen LogP contribution >= 0.6 is 0 Å². The first-order valence-corrected chi connectivity index (χ1v) is 3.65. The predicted octanol–water partition coefficient (Wildman–Crippen LogP) is 0.413. The van der Waals surface area contributed by atoms with E-state index in [-0.39, 0.29) is 5.92 Å². The molecule has 3 nitrogen and oxygen atoms in total. The summed E-state index contributed by atoms with van der Waals surface area (Å²) in [5, 5.41) is 8.52. The van der Waals surface area contributed by atoms with E-state index in [2.05, 4.69) is 4.90 Å². The van der Waals surface area contributed by atoms with Crippen LogP contribution in [-0.2, 0) is 4.79 Å². The molecule has 0 aromatic carbocycles. The van der Waals surface area contributed by atoms with Crippen molar-refractivity contribution in [2.45, 2.75) is 13.3 Å². The van der Waals surface area contributed by atoms with E-state index in [0.29, 0.717) is 0 Å². The number of carbonyl (C=O) groups is 1. The van der Waals surface area contributed by atoms with Crippen molar-refractivity contribution in [3.8, 4) is 0 Å². The average molecular weight is 143 g/mol. The number of nitrogens with zero attached hydrogens (tertiary/aromatic N) is 1. The van der Waals surface area contributed by atoms with E-state index in [0.717, 1.165) is 19.6 Å². The Morgan fingerprint density at radius 1 is 1.70 bits per heavy atom. The third-order valence-electron chi connectivity index (χ3n) is 1.90. The zero-order valence-electron chi connectivity index (χ0n) is 6.21. The summed E-state index contributed by atoms with van der Waals surface area (Å²) in [5.41, 5.74) is 0. The topological polar surface area (TPSA) is 40.5 Å². The number of rotatable bonds is 3. The molecule has 0 amide bonds. The van der Waals surface area contributed by atoms with Crippen molar-refractivity contribution in [1.82, 2.24) is 4.90 Å². The van der Waals surface area contributed by atoms with E-state index >= 15 is 0 Å². The summed E-state index contributed by atoms with van der Waals surface area (Å²) in [5.74, 6) is -0.896. The first-order valence-electron chi connectivity index (χ1n) is 3.65. The number of likely N-dealkylation sites (tertiary alicyclic amines) is 1. The molecule has 1 aliphatic rings. The molecule has 0 spiro atoms. The second-order valence-corrected chi connectivity index (χ2v) is 2.89. The molecule has 0 aromatic heterocycles. The highest BCUT2D eigenvalue weighted by molar-refractivity contribution is 5.69. The Hall–Kier alpha value is -0.570. The van der Waals surface area contributed by atoms with E-state index in [1.807, 2.05) is 0 Å². The van der Waals surface area contributed by atoms with Gasteiger partial charge in [-0.15, -0.1) is 0 Å². The monoisotopic (exact) mass is 143 g/mol. The van der Waals surface area contributed by atoms with Crippen LogP contribution < -0.4 is 0 Å². The average Bonchev–Trinajstić information content (AvgIpc) is 1.77. The molecule has 1 aliphatic heterocycles. The summed E-state index contributed by atoms with van der Waals surface area (Å²) >= 11 is 0. The number of aliphatic carboxylic acids is 1. The van der Waals surface area contributed by atoms with Crippen molar-refractivity contribution >= 4 is 5.97 Å². The van der Waals surface area contributed by atoms with Crippen molar-refractivity contribution < 1.29 is 9.90 Å². The van der Waals surface area contributed by atoms with Crippen LogP contribution in [0.25, 0.3) is 0 Å². The lowest BCUT2D eigenvalue weighted by atomic mass is 10.1. The summed E-state index contributed by atoms with van der Waals surface area (Å²) < 4.78 is 0. The first kappa shape index (κ1) is 7.54. The number of hydrogen-bond acceptors (Lipinski definition) is 2. The molecular weight excluding hydrogens is 130 g/mol. The zero-order chi connectivity index (χ0) is 7.56. The fourth-order valence-electron chi connectivity index (χ4n) is 1.03. The summed E-state index contributed by atoms with van der Waals surface area (Å²) in [6, 6.07) is 0. The molecule has 1 N–H and O–H groups in total. The third kappa shape index (κ3) is 1.70. The van der Waals surface area contributed by atoms with Crippen LogP contribution in [0.5, 0.6) is 0 Å².